The Morgan fingerprint density at radius 2 is 2.33 bits per heavy atom. The van der Waals surface area contributed by atoms with Gasteiger partial charge in [-0.25, -0.2) is 4.79 Å². The second-order valence-corrected chi connectivity index (χ2v) is 2.97. The monoisotopic (exact) mass is 215 g/mol. The molecule has 6 heteroatoms. The van der Waals surface area contributed by atoms with E-state index in [1.807, 2.05) is 0 Å². The Bertz CT molecular complexity index is 286. The zero-order chi connectivity index (χ0) is 11.3. The first-order valence-electron chi connectivity index (χ1n) is 4.63. The smallest absolute Gasteiger partial charge is 0.326 e. The van der Waals surface area contributed by atoms with E-state index in [0.29, 0.717) is 19.6 Å². The molecule has 0 bridgehead atoms. The van der Waals surface area contributed by atoms with E-state index in [0.717, 1.165) is 0 Å². The predicted molar refractivity (Wildman–Crippen MR) is 49.8 cm³/mol. The van der Waals surface area contributed by atoms with Gasteiger partial charge in [-0.1, -0.05) is 6.92 Å². The van der Waals surface area contributed by atoms with E-state index in [-0.39, 0.29) is 5.76 Å². The fourth-order valence-electron chi connectivity index (χ4n) is 1.06. The quantitative estimate of drug-likeness (QED) is 0.681. The molecular formula is C9H13NO5. The molecule has 0 saturated carbocycles. The highest BCUT2D eigenvalue weighted by molar-refractivity contribution is 5.94. The lowest BCUT2D eigenvalue weighted by Crippen LogP contribution is -2.41. The van der Waals surface area contributed by atoms with Gasteiger partial charge in [0.2, 0.25) is 5.76 Å². The van der Waals surface area contributed by atoms with Gasteiger partial charge in [-0.2, -0.15) is 0 Å². The first-order valence-corrected chi connectivity index (χ1v) is 4.63. The zero-order valence-corrected chi connectivity index (χ0v) is 8.36. The van der Waals surface area contributed by atoms with Gasteiger partial charge >= 0.3 is 5.97 Å². The molecule has 0 aromatic rings. The molecule has 1 heterocycles. The number of hydrogen-bond donors (Lipinski definition) is 2. The SMILES string of the molecule is CC[C@@H](NC(=O)C1=COCCO1)C(=O)O. The third-order valence-corrected chi connectivity index (χ3v) is 1.88. The Labute approximate surface area is 86.9 Å². The number of amides is 1. The molecule has 2 N–H and O–H groups in total. The Morgan fingerprint density at radius 1 is 1.60 bits per heavy atom. The van der Waals surface area contributed by atoms with E-state index >= 15 is 0 Å². The zero-order valence-electron chi connectivity index (χ0n) is 8.36. The van der Waals surface area contributed by atoms with Crippen molar-refractivity contribution in [3.05, 3.63) is 12.0 Å². The number of carbonyl (C=O) groups is 2. The number of ether oxygens (including phenoxy) is 2. The first kappa shape index (κ1) is 11.4. The number of carbonyl (C=O) groups excluding carboxylic acids is 1. The second kappa shape index (κ2) is 5.23. The highest BCUT2D eigenvalue weighted by Gasteiger charge is 2.22. The first-order chi connectivity index (χ1) is 7.15. The maximum absolute atomic E-state index is 11.4. The summed E-state index contributed by atoms with van der Waals surface area (Å²) in [6, 6.07) is -0.899. The molecule has 6 nitrogen and oxygen atoms in total. The summed E-state index contributed by atoms with van der Waals surface area (Å²) < 4.78 is 9.88. The molecule has 1 amide bonds. The molecular weight excluding hydrogens is 202 g/mol. The number of aliphatic carboxylic acids is 1. The van der Waals surface area contributed by atoms with E-state index < -0.39 is 17.9 Å². The third-order valence-electron chi connectivity index (χ3n) is 1.88. The van der Waals surface area contributed by atoms with E-state index in [2.05, 4.69) is 5.32 Å². The van der Waals surface area contributed by atoms with Gasteiger partial charge in [-0.3, -0.25) is 4.79 Å². The molecule has 0 saturated heterocycles. The van der Waals surface area contributed by atoms with Gasteiger partial charge in [-0.15, -0.1) is 0 Å². The molecule has 0 aromatic carbocycles. The lowest BCUT2D eigenvalue weighted by atomic mass is 10.2. The normalized spacial score (nSPS) is 16.7. The van der Waals surface area contributed by atoms with Crippen LogP contribution in [0.4, 0.5) is 0 Å². The van der Waals surface area contributed by atoms with Gasteiger partial charge in [0.1, 0.15) is 25.5 Å². The van der Waals surface area contributed by atoms with Gasteiger partial charge in [0.25, 0.3) is 5.91 Å². The highest BCUT2D eigenvalue weighted by Crippen LogP contribution is 2.05. The summed E-state index contributed by atoms with van der Waals surface area (Å²) >= 11 is 0. The van der Waals surface area contributed by atoms with E-state index in [9.17, 15) is 9.59 Å². The van der Waals surface area contributed by atoms with Crippen molar-refractivity contribution in [2.75, 3.05) is 13.2 Å². The molecule has 0 radical (unpaired) electrons. The van der Waals surface area contributed by atoms with Gasteiger partial charge in [0.15, 0.2) is 0 Å². The van der Waals surface area contributed by atoms with Crippen LogP contribution in [0.3, 0.4) is 0 Å². The summed E-state index contributed by atoms with van der Waals surface area (Å²) in [4.78, 5) is 22.1. The van der Waals surface area contributed by atoms with Crippen LogP contribution in [0, 0.1) is 0 Å². The number of nitrogens with one attached hydrogen (secondary N) is 1. The van der Waals surface area contributed by atoms with Gasteiger partial charge in [0.05, 0.1) is 0 Å². The van der Waals surface area contributed by atoms with Crippen molar-refractivity contribution in [2.24, 2.45) is 0 Å². The van der Waals surface area contributed by atoms with Gasteiger partial charge in [0, 0.05) is 0 Å². The van der Waals surface area contributed by atoms with Crippen molar-refractivity contribution >= 4 is 11.9 Å². The minimum Gasteiger partial charge on any atom is -0.494 e. The number of rotatable bonds is 4. The van der Waals surface area contributed by atoms with Crippen molar-refractivity contribution in [3.8, 4) is 0 Å². The number of carboxylic acid groups (broad SMARTS) is 1. The van der Waals surface area contributed by atoms with Crippen molar-refractivity contribution in [2.45, 2.75) is 19.4 Å². The summed E-state index contributed by atoms with van der Waals surface area (Å²) in [6.45, 7) is 2.36. The average Bonchev–Trinajstić information content (AvgIpc) is 2.26. The van der Waals surface area contributed by atoms with Gasteiger partial charge in [-0.05, 0) is 6.42 Å². The van der Waals surface area contributed by atoms with Crippen LogP contribution >= 0.6 is 0 Å². The van der Waals surface area contributed by atoms with Crippen LogP contribution in [0.2, 0.25) is 0 Å². The van der Waals surface area contributed by atoms with E-state index in [1.54, 1.807) is 6.92 Å². The molecule has 15 heavy (non-hydrogen) atoms. The molecule has 1 aliphatic rings. The molecule has 0 spiro atoms. The van der Waals surface area contributed by atoms with E-state index in [1.165, 1.54) is 6.26 Å². The predicted octanol–water partition coefficient (Wildman–Crippen LogP) is -0.146. The summed E-state index contributed by atoms with van der Waals surface area (Å²) in [5.41, 5.74) is 0. The fourth-order valence-corrected chi connectivity index (χ4v) is 1.06. The Hall–Kier alpha value is -1.72. The topological polar surface area (TPSA) is 84.9 Å². The molecule has 1 atom stereocenters. The molecule has 0 fully saturated rings. The standard InChI is InChI=1S/C9H13NO5/c1-2-6(9(12)13)10-8(11)7-5-14-3-4-15-7/h5-6H,2-4H2,1H3,(H,10,11)(H,12,13)/t6-/m1/s1. The largest absolute Gasteiger partial charge is 0.494 e. The average molecular weight is 215 g/mol. The maximum Gasteiger partial charge on any atom is 0.326 e. The van der Waals surface area contributed by atoms with E-state index in [4.69, 9.17) is 14.6 Å². The van der Waals surface area contributed by atoms with Crippen molar-refractivity contribution in [1.29, 1.82) is 0 Å². The fraction of sp³-hybridized carbons (Fsp3) is 0.556. The summed E-state index contributed by atoms with van der Waals surface area (Å²) in [5, 5.41) is 11.0. The molecule has 0 aliphatic carbocycles. The van der Waals surface area contributed by atoms with Crippen LogP contribution in [0.5, 0.6) is 0 Å². The minimum absolute atomic E-state index is 0.0148. The molecule has 1 aliphatic heterocycles. The number of carboxylic acids is 1. The Kier molecular flexibility index (Phi) is 3.96. The lowest BCUT2D eigenvalue weighted by Gasteiger charge is -2.17. The molecule has 84 valence electrons. The summed E-state index contributed by atoms with van der Waals surface area (Å²) in [6.07, 6.45) is 1.50. The van der Waals surface area contributed by atoms with Crippen LogP contribution in [-0.4, -0.2) is 36.2 Å². The van der Waals surface area contributed by atoms with Crippen LogP contribution in [0.15, 0.2) is 12.0 Å². The molecule has 1 rings (SSSR count). The molecule has 0 unspecified atom stereocenters. The summed E-state index contributed by atoms with van der Waals surface area (Å²) in [7, 11) is 0. The number of hydrogen-bond acceptors (Lipinski definition) is 4. The highest BCUT2D eigenvalue weighted by atomic mass is 16.6. The van der Waals surface area contributed by atoms with Crippen LogP contribution in [-0.2, 0) is 19.1 Å². The third kappa shape index (κ3) is 3.16. The van der Waals surface area contributed by atoms with Crippen LogP contribution < -0.4 is 5.32 Å². The lowest BCUT2D eigenvalue weighted by molar-refractivity contribution is -0.142. The van der Waals surface area contributed by atoms with Crippen molar-refractivity contribution in [3.63, 3.8) is 0 Å². The Morgan fingerprint density at radius 3 is 2.80 bits per heavy atom. The van der Waals surface area contributed by atoms with Gasteiger partial charge < -0.3 is 19.9 Å². The minimum atomic E-state index is -1.07. The molecule has 0 aromatic heterocycles. The Balaban J connectivity index is 2.53. The van der Waals surface area contributed by atoms with Crippen molar-refractivity contribution < 1.29 is 24.2 Å². The van der Waals surface area contributed by atoms with Crippen molar-refractivity contribution in [1.82, 2.24) is 5.32 Å². The van der Waals surface area contributed by atoms with Crippen LogP contribution in [0.25, 0.3) is 0 Å². The van der Waals surface area contributed by atoms with Crippen LogP contribution in [0.1, 0.15) is 13.3 Å². The summed E-state index contributed by atoms with van der Waals surface area (Å²) in [5.74, 6) is -1.62. The second-order valence-electron chi connectivity index (χ2n) is 2.97. The maximum atomic E-state index is 11.4.